The van der Waals surface area contributed by atoms with Crippen LogP contribution in [0.3, 0.4) is 0 Å². The molecule has 0 spiro atoms. The fourth-order valence-corrected chi connectivity index (χ4v) is 1.97. The van der Waals surface area contributed by atoms with Gasteiger partial charge in [-0.15, -0.1) is 0 Å². The van der Waals surface area contributed by atoms with Gasteiger partial charge in [-0.2, -0.15) is 0 Å². The number of rotatable bonds is 7. The molecule has 3 N–H and O–H groups in total. The van der Waals surface area contributed by atoms with Gasteiger partial charge in [0.2, 0.25) is 5.91 Å². The quantitative estimate of drug-likeness (QED) is 0.709. The van der Waals surface area contributed by atoms with E-state index in [1.807, 2.05) is 18.2 Å². The van der Waals surface area contributed by atoms with E-state index in [2.05, 4.69) is 5.32 Å². The Morgan fingerprint density at radius 2 is 1.80 bits per heavy atom. The maximum atomic E-state index is 11.8. The Morgan fingerprint density at radius 1 is 1.20 bits per heavy atom. The Kier molecular flexibility index (Phi) is 5.70. The highest BCUT2D eigenvalue weighted by atomic mass is 16.4. The van der Waals surface area contributed by atoms with Crippen molar-refractivity contribution < 1.29 is 19.8 Å². The lowest BCUT2D eigenvalue weighted by molar-refractivity contribution is -0.139. The predicted octanol–water partition coefficient (Wildman–Crippen LogP) is 1.73. The van der Waals surface area contributed by atoms with Gasteiger partial charge in [0.05, 0.1) is 12.5 Å². The highest BCUT2D eigenvalue weighted by Crippen LogP contribution is 2.24. The van der Waals surface area contributed by atoms with Crippen molar-refractivity contribution in [1.29, 1.82) is 0 Å². The van der Waals surface area contributed by atoms with Crippen LogP contribution in [-0.4, -0.2) is 28.6 Å². The number of carbonyl (C=O) groups is 2. The Morgan fingerprint density at radius 3 is 2.35 bits per heavy atom. The Balaban J connectivity index is 2.42. The van der Waals surface area contributed by atoms with Crippen LogP contribution in [0.4, 0.5) is 0 Å². The maximum Gasteiger partial charge on any atom is 0.303 e. The second-order valence-electron chi connectivity index (χ2n) is 5.64. The van der Waals surface area contributed by atoms with Crippen molar-refractivity contribution in [3.8, 4) is 0 Å². The van der Waals surface area contributed by atoms with Gasteiger partial charge in [0.15, 0.2) is 0 Å². The molecular weight excluding hydrogens is 258 g/mol. The van der Waals surface area contributed by atoms with Crippen LogP contribution in [0, 0.1) is 5.41 Å². The van der Waals surface area contributed by atoms with Gasteiger partial charge in [-0.3, -0.25) is 9.59 Å². The maximum absolute atomic E-state index is 11.8. The molecule has 1 aromatic carbocycles. The molecule has 1 amide bonds. The van der Waals surface area contributed by atoms with E-state index in [0.29, 0.717) is 0 Å². The van der Waals surface area contributed by atoms with Crippen LogP contribution in [0.2, 0.25) is 0 Å². The number of benzene rings is 1. The molecule has 0 saturated heterocycles. The number of hydrogen-bond donors (Lipinski definition) is 3. The van der Waals surface area contributed by atoms with Crippen LogP contribution in [0.25, 0.3) is 0 Å². The molecule has 5 heteroatoms. The Hall–Kier alpha value is -1.88. The van der Waals surface area contributed by atoms with Gasteiger partial charge in [0.25, 0.3) is 0 Å². The summed E-state index contributed by atoms with van der Waals surface area (Å²) in [6.45, 7) is 3.58. The highest BCUT2D eigenvalue weighted by Gasteiger charge is 2.25. The van der Waals surface area contributed by atoms with Crippen molar-refractivity contribution in [2.45, 2.75) is 32.8 Å². The number of hydrogen-bond acceptors (Lipinski definition) is 3. The third-order valence-electron chi connectivity index (χ3n) is 2.95. The molecule has 0 aliphatic heterocycles. The van der Waals surface area contributed by atoms with E-state index in [0.717, 1.165) is 5.56 Å². The molecule has 1 atom stereocenters. The first kappa shape index (κ1) is 16.2. The van der Waals surface area contributed by atoms with E-state index in [1.54, 1.807) is 26.0 Å². The SMILES string of the molecule is CC(C)(CC(=O)O)CC(=O)NCC(O)c1ccccc1. The molecule has 1 aromatic rings. The van der Waals surface area contributed by atoms with Gasteiger partial charge < -0.3 is 15.5 Å². The summed E-state index contributed by atoms with van der Waals surface area (Å²) in [5.41, 5.74) is 0.130. The van der Waals surface area contributed by atoms with E-state index in [4.69, 9.17) is 5.11 Å². The number of amides is 1. The van der Waals surface area contributed by atoms with Gasteiger partial charge in [-0.05, 0) is 11.0 Å². The first-order valence-corrected chi connectivity index (χ1v) is 6.52. The average Bonchev–Trinajstić information content (AvgIpc) is 2.34. The van der Waals surface area contributed by atoms with Crippen molar-refractivity contribution in [2.24, 2.45) is 5.41 Å². The summed E-state index contributed by atoms with van der Waals surface area (Å²) in [5, 5.41) is 21.3. The third kappa shape index (κ3) is 5.84. The van der Waals surface area contributed by atoms with Gasteiger partial charge in [-0.1, -0.05) is 44.2 Å². The molecule has 1 unspecified atom stereocenters. The lowest BCUT2D eigenvalue weighted by atomic mass is 9.85. The lowest BCUT2D eigenvalue weighted by Crippen LogP contribution is -2.32. The van der Waals surface area contributed by atoms with E-state index in [-0.39, 0.29) is 25.3 Å². The summed E-state index contributed by atoms with van der Waals surface area (Å²) in [6, 6.07) is 9.05. The van der Waals surface area contributed by atoms with E-state index < -0.39 is 17.5 Å². The Bertz CT molecular complexity index is 456. The Labute approximate surface area is 118 Å². The van der Waals surface area contributed by atoms with Crippen LogP contribution < -0.4 is 5.32 Å². The number of aliphatic hydroxyl groups is 1. The molecule has 0 fully saturated rings. The number of nitrogens with one attached hydrogen (secondary N) is 1. The molecule has 1 rings (SSSR count). The van der Waals surface area contributed by atoms with E-state index in [1.165, 1.54) is 0 Å². The van der Waals surface area contributed by atoms with Crippen LogP contribution in [-0.2, 0) is 9.59 Å². The smallest absolute Gasteiger partial charge is 0.303 e. The molecule has 0 radical (unpaired) electrons. The molecule has 0 heterocycles. The van der Waals surface area contributed by atoms with Crippen LogP contribution in [0.5, 0.6) is 0 Å². The number of aliphatic carboxylic acids is 1. The molecule has 0 saturated carbocycles. The first-order chi connectivity index (χ1) is 9.30. The van der Waals surface area contributed by atoms with Gasteiger partial charge in [-0.25, -0.2) is 0 Å². The average molecular weight is 279 g/mol. The summed E-state index contributed by atoms with van der Waals surface area (Å²) < 4.78 is 0. The van der Waals surface area contributed by atoms with Gasteiger partial charge >= 0.3 is 5.97 Å². The largest absolute Gasteiger partial charge is 0.481 e. The second-order valence-corrected chi connectivity index (χ2v) is 5.64. The van der Waals surface area contributed by atoms with Crippen LogP contribution in [0.1, 0.15) is 38.4 Å². The third-order valence-corrected chi connectivity index (χ3v) is 2.95. The summed E-state index contributed by atoms with van der Waals surface area (Å²) in [4.78, 5) is 22.4. The number of aliphatic hydroxyl groups excluding tert-OH is 1. The molecular formula is C15H21NO4. The van der Waals surface area contributed by atoms with Gasteiger partial charge in [0, 0.05) is 13.0 Å². The first-order valence-electron chi connectivity index (χ1n) is 6.52. The lowest BCUT2D eigenvalue weighted by Gasteiger charge is -2.22. The fraction of sp³-hybridized carbons (Fsp3) is 0.467. The molecule has 5 nitrogen and oxygen atoms in total. The minimum Gasteiger partial charge on any atom is -0.481 e. The van der Waals surface area contributed by atoms with Crippen molar-refractivity contribution >= 4 is 11.9 Å². The van der Waals surface area contributed by atoms with Crippen LogP contribution in [0.15, 0.2) is 30.3 Å². The van der Waals surface area contributed by atoms with Crippen molar-refractivity contribution in [2.75, 3.05) is 6.54 Å². The van der Waals surface area contributed by atoms with E-state index >= 15 is 0 Å². The highest BCUT2D eigenvalue weighted by molar-refractivity contribution is 5.77. The summed E-state index contributed by atoms with van der Waals surface area (Å²) in [7, 11) is 0. The molecule has 0 aliphatic rings. The summed E-state index contributed by atoms with van der Waals surface area (Å²) in [6.07, 6.45) is -0.717. The standard InChI is InChI=1S/C15H21NO4/c1-15(2,9-14(19)20)8-13(18)16-10-12(17)11-6-4-3-5-7-11/h3-7,12,17H,8-10H2,1-2H3,(H,16,18)(H,19,20). The second kappa shape index (κ2) is 7.05. The number of carboxylic acids is 1. The topological polar surface area (TPSA) is 86.6 Å². The molecule has 110 valence electrons. The minimum atomic E-state index is -0.924. The zero-order valence-electron chi connectivity index (χ0n) is 11.8. The molecule has 20 heavy (non-hydrogen) atoms. The number of carbonyl (C=O) groups excluding carboxylic acids is 1. The molecule has 0 bridgehead atoms. The minimum absolute atomic E-state index is 0.0678. The summed E-state index contributed by atoms with van der Waals surface area (Å²) in [5.74, 6) is -1.18. The van der Waals surface area contributed by atoms with Gasteiger partial charge in [0.1, 0.15) is 0 Å². The normalized spacial score (nSPS) is 12.8. The van der Waals surface area contributed by atoms with Crippen molar-refractivity contribution in [3.05, 3.63) is 35.9 Å². The molecule has 0 aromatic heterocycles. The molecule has 0 aliphatic carbocycles. The zero-order valence-corrected chi connectivity index (χ0v) is 11.8. The van der Waals surface area contributed by atoms with Crippen LogP contribution >= 0.6 is 0 Å². The zero-order chi connectivity index (χ0) is 15.2. The van der Waals surface area contributed by atoms with E-state index in [9.17, 15) is 14.7 Å². The predicted molar refractivity (Wildman–Crippen MR) is 75.1 cm³/mol. The fourth-order valence-electron chi connectivity index (χ4n) is 1.97. The van der Waals surface area contributed by atoms with Crippen molar-refractivity contribution in [3.63, 3.8) is 0 Å². The summed E-state index contributed by atoms with van der Waals surface area (Å²) >= 11 is 0. The monoisotopic (exact) mass is 279 g/mol. The number of carboxylic acid groups (broad SMARTS) is 1. The van der Waals surface area contributed by atoms with Crippen molar-refractivity contribution in [1.82, 2.24) is 5.32 Å².